The summed E-state index contributed by atoms with van der Waals surface area (Å²) in [5.41, 5.74) is 4.31. The van der Waals surface area contributed by atoms with Gasteiger partial charge in [-0.15, -0.1) is 0 Å². The molecule has 3 heterocycles. The van der Waals surface area contributed by atoms with Gasteiger partial charge in [-0.05, 0) is 38.3 Å². The third-order valence-corrected chi connectivity index (χ3v) is 8.59. The molecule has 0 radical (unpaired) electrons. The predicted octanol–water partition coefficient (Wildman–Crippen LogP) is 2.34. The molecule has 0 spiro atoms. The minimum absolute atomic E-state index is 0.159. The van der Waals surface area contributed by atoms with Crippen molar-refractivity contribution in [2.24, 2.45) is 0 Å². The normalized spacial score (nSPS) is 22.1. The van der Waals surface area contributed by atoms with Gasteiger partial charge in [-0.1, -0.05) is 30.3 Å². The first kappa shape index (κ1) is 22.2. The highest BCUT2D eigenvalue weighted by Crippen LogP contribution is 2.21. The standard InChI is InChI=1S/C24H33N3O3S/c1-19-16-23(20(2)27(19)10-8-21-6-4-3-5-7-21)24(28)17-25-11-13-26(14-12-25)22-9-15-31(29,30)18-22/h3-7,16,22H,8-15,17-18H2,1-2H3/t22-/m0/s1. The number of benzene rings is 1. The third kappa shape index (κ3) is 5.27. The summed E-state index contributed by atoms with van der Waals surface area (Å²) >= 11 is 0. The van der Waals surface area contributed by atoms with Crippen molar-refractivity contribution < 1.29 is 13.2 Å². The zero-order valence-electron chi connectivity index (χ0n) is 18.6. The van der Waals surface area contributed by atoms with Crippen LogP contribution < -0.4 is 0 Å². The van der Waals surface area contributed by atoms with Gasteiger partial charge in [-0.25, -0.2) is 8.42 Å². The topological polar surface area (TPSA) is 62.6 Å². The van der Waals surface area contributed by atoms with Crippen LogP contribution in [0.15, 0.2) is 36.4 Å². The van der Waals surface area contributed by atoms with Crippen LogP contribution in [0.3, 0.4) is 0 Å². The molecule has 2 aliphatic heterocycles. The average molecular weight is 444 g/mol. The van der Waals surface area contributed by atoms with Gasteiger partial charge < -0.3 is 4.57 Å². The minimum atomic E-state index is -2.85. The van der Waals surface area contributed by atoms with Crippen LogP contribution in [-0.4, -0.2) is 78.8 Å². The molecule has 1 atom stereocenters. The smallest absolute Gasteiger partial charge is 0.178 e. The zero-order chi connectivity index (χ0) is 22.0. The maximum Gasteiger partial charge on any atom is 0.178 e. The lowest BCUT2D eigenvalue weighted by atomic mass is 10.1. The highest BCUT2D eigenvalue weighted by Gasteiger charge is 2.34. The molecular formula is C24H33N3O3S. The molecule has 1 aromatic carbocycles. The van der Waals surface area contributed by atoms with Crippen molar-refractivity contribution in [3.63, 3.8) is 0 Å². The van der Waals surface area contributed by atoms with E-state index in [2.05, 4.69) is 45.6 Å². The molecule has 31 heavy (non-hydrogen) atoms. The van der Waals surface area contributed by atoms with Gasteiger partial charge in [0.1, 0.15) is 0 Å². The number of hydrogen-bond acceptors (Lipinski definition) is 5. The van der Waals surface area contributed by atoms with Crippen LogP contribution >= 0.6 is 0 Å². The van der Waals surface area contributed by atoms with E-state index in [1.165, 1.54) is 5.56 Å². The Bertz CT molecular complexity index is 1020. The van der Waals surface area contributed by atoms with Crippen LogP contribution in [0, 0.1) is 13.8 Å². The Balaban J connectivity index is 1.32. The van der Waals surface area contributed by atoms with Crippen LogP contribution in [0.2, 0.25) is 0 Å². The second-order valence-corrected chi connectivity index (χ2v) is 11.2. The first-order valence-electron chi connectivity index (χ1n) is 11.2. The molecule has 6 nitrogen and oxygen atoms in total. The van der Waals surface area contributed by atoms with E-state index in [1.54, 1.807) is 0 Å². The van der Waals surface area contributed by atoms with Gasteiger partial charge in [0, 0.05) is 55.7 Å². The van der Waals surface area contributed by atoms with Gasteiger partial charge in [0.05, 0.1) is 18.1 Å². The number of ketones is 1. The summed E-state index contributed by atoms with van der Waals surface area (Å²) in [6, 6.07) is 12.6. The van der Waals surface area contributed by atoms with Crippen LogP contribution in [-0.2, 0) is 22.8 Å². The van der Waals surface area contributed by atoms with E-state index in [0.29, 0.717) is 18.1 Å². The molecule has 2 aromatic rings. The Morgan fingerprint density at radius 2 is 1.77 bits per heavy atom. The molecule has 2 fully saturated rings. The van der Waals surface area contributed by atoms with Crippen molar-refractivity contribution in [3.8, 4) is 0 Å². The number of sulfone groups is 1. The summed E-state index contributed by atoms with van der Waals surface area (Å²) in [5, 5.41) is 0. The first-order valence-corrected chi connectivity index (χ1v) is 13.1. The molecule has 0 N–H and O–H groups in total. The lowest BCUT2D eigenvalue weighted by molar-refractivity contribution is 0.0795. The van der Waals surface area contributed by atoms with Crippen LogP contribution in [0.4, 0.5) is 0 Å². The molecule has 168 valence electrons. The number of hydrogen-bond donors (Lipinski definition) is 0. The van der Waals surface area contributed by atoms with E-state index < -0.39 is 9.84 Å². The van der Waals surface area contributed by atoms with Gasteiger partial charge in [0.25, 0.3) is 0 Å². The molecule has 0 unspecified atom stereocenters. The largest absolute Gasteiger partial charge is 0.348 e. The molecule has 7 heteroatoms. The molecule has 0 aliphatic carbocycles. The quantitative estimate of drug-likeness (QED) is 0.615. The number of aromatic nitrogens is 1. The van der Waals surface area contributed by atoms with E-state index in [4.69, 9.17) is 0 Å². The summed E-state index contributed by atoms with van der Waals surface area (Å²) in [4.78, 5) is 17.5. The van der Waals surface area contributed by atoms with Crippen LogP contribution in [0.5, 0.6) is 0 Å². The Kier molecular flexibility index (Phi) is 6.65. The fraction of sp³-hybridized carbons (Fsp3) is 0.542. The number of Topliss-reactive ketones (excluding diaryl/α,β-unsaturated/α-hetero) is 1. The van der Waals surface area contributed by atoms with Gasteiger partial charge in [-0.3, -0.25) is 14.6 Å². The number of nitrogens with zero attached hydrogens (tertiary/aromatic N) is 3. The average Bonchev–Trinajstić information content (AvgIpc) is 3.26. The maximum absolute atomic E-state index is 13.0. The van der Waals surface area contributed by atoms with Crippen molar-refractivity contribution in [3.05, 3.63) is 58.9 Å². The summed E-state index contributed by atoms with van der Waals surface area (Å²) in [7, 11) is -2.85. The van der Waals surface area contributed by atoms with Gasteiger partial charge in [0.15, 0.2) is 15.6 Å². The monoisotopic (exact) mass is 443 g/mol. The molecule has 0 bridgehead atoms. The number of carbonyl (C=O) groups is 1. The van der Waals surface area contributed by atoms with Gasteiger partial charge >= 0.3 is 0 Å². The van der Waals surface area contributed by atoms with E-state index in [9.17, 15) is 13.2 Å². The van der Waals surface area contributed by atoms with Gasteiger partial charge in [0.2, 0.25) is 0 Å². The van der Waals surface area contributed by atoms with Crippen molar-refractivity contribution in [2.75, 3.05) is 44.2 Å². The second kappa shape index (κ2) is 9.27. The molecular weight excluding hydrogens is 410 g/mol. The molecule has 2 saturated heterocycles. The third-order valence-electron chi connectivity index (χ3n) is 6.84. The molecule has 2 aliphatic rings. The Morgan fingerprint density at radius 1 is 1.06 bits per heavy atom. The van der Waals surface area contributed by atoms with Crippen LogP contribution in [0.1, 0.15) is 33.7 Å². The zero-order valence-corrected chi connectivity index (χ0v) is 19.4. The predicted molar refractivity (Wildman–Crippen MR) is 123 cm³/mol. The van der Waals surface area contributed by atoms with Crippen molar-refractivity contribution in [1.82, 2.24) is 14.4 Å². The SMILES string of the molecule is Cc1cc(C(=O)CN2CCN([C@H]3CCS(=O)(=O)C3)CC2)c(C)n1CCc1ccccc1. The number of aryl methyl sites for hydroxylation is 2. The Morgan fingerprint density at radius 3 is 2.42 bits per heavy atom. The summed E-state index contributed by atoms with van der Waals surface area (Å²) in [5.74, 6) is 0.785. The Labute approximate surface area is 185 Å². The number of piperazine rings is 1. The molecule has 1 aromatic heterocycles. The lowest BCUT2D eigenvalue weighted by Gasteiger charge is -2.37. The molecule has 4 rings (SSSR count). The second-order valence-electron chi connectivity index (χ2n) is 8.96. The minimum Gasteiger partial charge on any atom is -0.348 e. The van der Waals surface area contributed by atoms with E-state index in [-0.39, 0.29) is 11.8 Å². The van der Waals surface area contributed by atoms with Crippen LogP contribution in [0.25, 0.3) is 0 Å². The summed E-state index contributed by atoms with van der Waals surface area (Å²) in [6.45, 7) is 8.72. The molecule has 0 amide bonds. The van der Waals surface area contributed by atoms with E-state index in [1.807, 2.05) is 19.1 Å². The maximum atomic E-state index is 13.0. The highest BCUT2D eigenvalue weighted by atomic mass is 32.2. The highest BCUT2D eigenvalue weighted by molar-refractivity contribution is 7.91. The van der Waals surface area contributed by atoms with Crippen molar-refractivity contribution in [1.29, 1.82) is 0 Å². The number of rotatable bonds is 7. The van der Waals surface area contributed by atoms with Crippen molar-refractivity contribution in [2.45, 2.75) is 39.3 Å². The van der Waals surface area contributed by atoms with Gasteiger partial charge in [-0.2, -0.15) is 0 Å². The summed E-state index contributed by atoms with van der Waals surface area (Å²) < 4.78 is 25.8. The lowest BCUT2D eigenvalue weighted by Crippen LogP contribution is -2.51. The fourth-order valence-corrected chi connectivity index (χ4v) is 6.71. The molecule has 0 saturated carbocycles. The summed E-state index contributed by atoms with van der Waals surface area (Å²) in [6.07, 6.45) is 1.69. The number of carbonyl (C=O) groups excluding carboxylic acids is 1. The first-order chi connectivity index (χ1) is 14.8. The fourth-order valence-electron chi connectivity index (χ4n) is 4.95. The van der Waals surface area contributed by atoms with Crippen molar-refractivity contribution >= 4 is 15.6 Å². The van der Waals surface area contributed by atoms with E-state index in [0.717, 1.165) is 62.5 Å². The Hall–Kier alpha value is -1.96. The van der Waals surface area contributed by atoms with E-state index >= 15 is 0 Å².